The molecule has 0 fully saturated rings. The largest absolute Gasteiger partial charge is 0.480 e. The van der Waals surface area contributed by atoms with Gasteiger partial charge in [-0.2, -0.15) is 0 Å². The number of carboxylic acids is 1. The van der Waals surface area contributed by atoms with Gasteiger partial charge in [-0.25, -0.2) is 18.4 Å². The lowest BCUT2D eigenvalue weighted by molar-refractivity contribution is -0.141. The summed E-state index contributed by atoms with van der Waals surface area (Å²) in [6.07, 6.45) is -0.937. The van der Waals surface area contributed by atoms with Crippen LogP contribution in [-0.4, -0.2) is 35.4 Å². The molecule has 1 aromatic carbocycles. The van der Waals surface area contributed by atoms with E-state index in [9.17, 15) is 18.4 Å². The van der Waals surface area contributed by atoms with Crippen LogP contribution in [0, 0.1) is 11.6 Å². The minimum absolute atomic E-state index is 0.238. The summed E-state index contributed by atoms with van der Waals surface area (Å²) < 4.78 is 36.8. The number of rotatable bonds is 6. The molecule has 6 nitrogen and oxygen atoms in total. The molecule has 1 amide bonds. The van der Waals surface area contributed by atoms with Crippen LogP contribution in [0.4, 0.5) is 13.6 Å². The quantitative estimate of drug-likeness (QED) is 0.757. The van der Waals surface area contributed by atoms with E-state index in [1.165, 1.54) is 0 Å². The SMILES string of the molecule is CC(C)(C)OC(=O)NC(COCc1c(F)ccc(F)c1Cl)C(=O)O. The Morgan fingerprint density at radius 3 is 2.42 bits per heavy atom. The summed E-state index contributed by atoms with van der Waals surface area (Å²) in [6, 6.07) is 0.328. The molecule has 0 bridgehead atoms. The van der Waals surface area contributed by atoms with Crippen LogP contribution in [0.3, 0.4) is 0 Å². The molecule has 0 aliphatic rings. The molecule has 134 valence electrons. The number of carboxylic acid groups (broad SMARTS) is 1. The van der Waals surface area contributed by atoms with Crippen molar-refractivity contribution < 1.29 is 33.0 Å². The molecule has 0 spiro atoms. The maximum absolute atomic E-state index is 13.6. The summed E-state index contributed by atoms with van der Waals surface area (Å²) >= 11 is 5.63. The number of carbonyl (C=O) groups excluding carboxylic acids is 1. The van der Waals surface area contributed by atoms with Crippen molar-refractivity contribution in [2.75, 3.05) is 6.61 Å². The molecule has 1 unspecified atom stereocenters. The summed E-state index contributed by atoms with van der Waals surface area (Å²) in [5, 5.41) is 10.7. The highest BCUT2D eigenvalue weighted by Gasteiger charge is 2.24. The van der Waals surface area contributed by atoms with E-state index in [0.29, 0.717) is 0 Å². The Balaban J connectivity index is 2.64. The fourth-order valence-electron chi connectivity index (χ4n) is 1.60. The van der Waals surface area contributed by atoms with Crippen LogP contribution in [0.25, 0.3) is 0 Å². The van der Waals surface area contributed by atoms with Gasteiger partial charge in [-0.3, -0.25) is 0 Å². The van der Waals surface area contributed by atoms with Crippen molar-refractivity contribution in [3.05, 3.63) is 34.4 Å². The van der Waals surface area contributed by atoms with Gasteiger partial charge in [0.2, 0.25) is 0 Å². The van der Waals surface area contributed by atoms with Crippen LogP contribution in [0.1, 0.15) is 26.3 Å². The first-order valence-electron chi connectivity index (χ1n) is 6.93. The van der Waals surface area contributed by atoms with Crippen LogP contribution in [0.2, 0.25) is 5.02 Å². The van der Waals surface area contributed by atoms with E-state index in [4.69, 9.17) is 26.2 Å². The third-order valence-electron chi connectivity index (χ3n) is 2.66. The number of amides is 1. The van der Waals surface area contributed by atoms with E-state index in [1.807, 2.05) is 0 Å². The Morgan fingerprint density at radius 2 is 1.88 bits per heavy atom. The molecule has 1 atom stereocenters. The summed E-state index contributed by atoms with van der Waals surface area (Å²) in [6.45, 7) is 3.91. The smallest absolute Gasteiger partial charge is 0.408 e. The van der Waals surface area contributed by atoms with E-state index in [0.717, 1.165) is 12.1 Å². The number of carbonyl (C=O) groups is 2. The number of aliphatic carboxylic acids is 1. The predicted octanol–water partition coefficient (Wildman–Crippen LogP) is 3.11. The standard InChI is InChI=1S/C15H18ClF2NO5/c1-15(2,3)24-14(22)19-11(13(20)21)7-23-6-8-9(17)4-5-10(18)12(8)16/h4-5,11H,6-7H2,1-3H3,(H,19,22)(H,20,21). The van der Waals surface area contributed by atoms with E-state index in [2.05, 4.69) is 5.32 Å². The van der Waals surface area contributed by atoms with E-state index in [-0.39, 0.29) is 5.56 Å². The number of alkyl carbamates (subject to hydrolysis) is 1. The van der Waals surface area contributed by atoms with Crippen LogP contribution >= 0.6 is 11.6 Å². The maximum atomic E-state index is 13.6. The minimum Gasteiger partial charge on any atom is -0.480 e. The molecule has 0 saturated carbocycles. The van der Waals surface area contributed by atoms with Crippen molar-refractivity contribution in [3.8, 4) is 0 Å². The second-order valence-corrected chi connectivity index (χ2v) is 6.25. The van der Waals surface area contributed by atoms with Crippen LogP contribution < -0.4 is 5.32 Å². The van der Waals surface area contributed by atoms with Crippen molar-refractivity contribution in [2.45, 2.75) is 39.0 Å². The van der Waals surface area contributed by atoms with Crippen molar-refractivity contribution in [2.24, 2.45) is 0 Å². The van der Waals surface area contributed by atoms with Gasteiger partial charge in [0.05, 0.1) is 18.2 Å². The lowest BCUT2D eigenvalue weighted by Gasteiger charge is -2.22. The van der Waals surface area contributed by atoms with E-state index in [1.54, 1.807) is 20.8 Å². The average molecular weight is 366 g/mol. The van der Waals surface area contributed by atoms with E-state index >= 15 is 0 Å². The van der Waals surface area contributed by atoms with Crippen molar-refractivity contribution in [1.29, 1.82) is 0 Å². The molecule has 0 radical (unpaired) electrons. The zero-order chi connectivity index (χ0) is 18.5. The molecule has 0 aliphatic heterocycles. The molecule has 9 heteroatoms. The second kappa shape index (κ2) is 8.25. The van der Waals surface area contributed by atoms with Gasteiger partial charge >= 0.3 is 12.1 Å². The molecule has 0 heterocycles. The highest BCUT2D eigenvalue weighted by atomic mass is 35.5. The molecule has 1 rings (SSSR count). The lowest BCUT2D eigenvalue weighted by Crippen LogP contribution is -2.46. The number of hydrogen-bond donors (Lipinski definition) is 2. The summed E-state index contributed by atoms with van der Waals surface area (Å²) in [7, 11) is 0. The zero-order valence-corrected chi connectivity index (χ0v) is 14.1. The lowest BCUT2D eigenvalue weighted by atomic mass is 10.2. The summed E-state index contributed by atoms with van der Waals surface area (Å²) in [5.41, 5.74) is -1.04. The van der Waals surface area contributed by atoms with Gasteiger partial charge in [0, 0.05) is 5.56 Å². The van der Waals surface area contributed by atoms with Gasteiger partial charge in [0.25, 0.3) is 0 Å². The number of ether oxygens (including phenoxy) is 2. The molecular formula is C15H18ClF2NO5. The minimum atomic E-state index is -1.42. The molecule has 2 N–H and O–H groups in total. The first-order valence-corrected chi connectivity index (χ1v) is 7.31. The van der Waals surface area contributed by atoms with Gasteiger partial charge in [0.1, 0.15) is 17.2 Å². The Hall–Kier alpha value is -1.93. The average Bonchev–Trinajstić information content (AvgIpc) is 2.43. The Bertz CT molecular complexity index is 619. The molecule has 1 aromatic rings. The van der Waals surface area contributed by atoms with Crippen molar-refractivity contribution in [3.63, 3.8) is 0 Å². The van der Waals surface area contributed by atoms with Crippen LogP contribution in [0.15, 0.2) is 12.1 Å². The highest BCUT2D eigenvalue weighted by Crippen LogP contribution is 2.23. The Labute approximate surface area is 142 Å². The molecule has 0 aliphatic carbocycles. The fourth-order valence-corrected chi connectivity index (χ4v) is 1.81. The Kier molecular flexibility index (Phi) is 6.92. The Morgan fingerprint density at radius 1 is 1.29 bits per heavy atom. The predicted molar refractivity (Wildman–Crippen MR) is 81.8 cm³/mol. The monoisotopic (exact) mass is 365 g/mol. The number of hydrogen-bond acceptors (Lipinski definition) is 4. The third kappa shape index (κ3) is 6.29. The van der Waals surface area contributed by atoms with Gasteiger partial charge in [-0.15, -0.1) is 0 Å². The van der Waals surface area contributed by atoms with Crippen molar-refractivity contribution in [1.82, 2.24) is 5.32 Å². The number of benzene rings is 1. The van der Waals surface area contributed by atoms with Gasteiger partial charge in [-0.05, 0) is 32.9 Å². The topological polar surface area (TPSA) is 84.9 Å². The second-order valence-electron chi connectivity index (χ2n) is 5.87. The molecular weight excluding hydrogens is 348 g/mol. The van der Waals surface area contributed by atoms with Gasteiger partial charge in [0.15, 0.2) is 6.04 Å². The maximum Gasteiger partial charge on any atom is 0.408 e. The molecule has 24 heavy (non-hydrogen) atoms. The van der Waals surface area contributed by atoms with Gasteiger partial charge < -0.3 is 19.9 Å². The zero-order valence-electron chi connectivity index (χ0n) is 13.4. The summed E-state index contributed by atoms with van der Waals surface area (Å²) in [5.74, 6) is -2.97. The first-order chi connectivity index (χ1) is 11.0. The van der Waals surface area contributed by atoms with Gasteiger partial charge in [-0.1, -0.05) is 11.6 Å². The number of halogens is 3. The van der Waals surface area contributed by atoms with E-state index < -0.39 is 53.6 Å². The summed E-state index contributed by atoms with van der Waals surface area (Å²) in [4.78, 5) is 22.7. The third-order valence-corrected chi connectivity index (χ3v) is 3.07. The fraction of sp³-hybridized carbons (Fsp3) is 0.467. The highest BCUT2D eigenvalue weighted by molar-refractivity contribution is 6.31. The normalized spacial score (nSPS) is 12.6. The van der Waals surface area contributed by atoms with Crippen LogP contribution in [0.5, 0.6) is 0 Å². The molecule has 0 saturated heterocycles. The first kappa shape index (κ1) is 20.1. The van der Waals surface area contributed by atoms with Crippen LogP contribution in [-0.2, 0) is 20.9 Å². The van der Waals surface area contributed by atoms with Crippen molar-refractivity contribution >= 4 is 23.7 Å². The molecule has 0 aromatic heterocycles. The number of nitrogens with one attached hydrogen (secondary N) is 1.